The van der Waals surface area contributed by atoms with Gasteiger partial charge in [0.1, 0.15) is 5.75 Å². The molecule has 1 aromatic rings. The van der Waals surface area contributed by atoms with Crippen molar-refractivity contribution in [2.45, 2.75) is 122 Å². The van der Waals surface area contributed by atoms with Crippen molar-refractivity contribution < 1.29 is 29.3 Å². The molecule has 5 fully saturated rings. The molecule has 7 aliphatic carbocycles. The molecule has 1 unspecified atom stereocenters. The normalized spacial score (nSPS) is 41.9. The lowest BCUT2D eigenvalue weighted by Crippen LogP contribution is -2.67. The number of Topliss-reactive ketones (excluding diaryl/α,β-unsaturated/α-hetero) is 1. The maximum atomic E-state index is 14.9. The maximum Gasteiger partial charge on any atom is 0.322 e. The fourth-order valence-corrected chi connectivity index (χ4v) is 12.7. The number of urea groups is 1. The van der Waals surface area contributed by atoms with Gasteiger partial charge >= 0.3 is 6.03 Å². The fourth-order valence-electron chi connectivity index (χ4n) is 12.7. The van der Waals surface area contributed by atoms with Crippen molar-refractivity contribution in [3.05, 3.63) is 48.1 Å². The van der Waals surface area contributed by atoms with Crippen LogP contribution in [0.5, 0.6) is 5.75 Å². The van der Waals surface area contributed by atoms with Crippen molar-refractivity contribution in [3.63, 3.8) is 0 Å². The molecule has 0 radical (unpaired) electrons. The summed E-state index contributed by atoms with van der Waals surface area (Å²) < 4.78 is 11.3. The lowest BCUT2D eigenvalue weighted by atomic mass is 9.32. The van der Waals surface area contributed by atoms with Crippen LogP contribution in [0.15, 0.2) is 48.1 Å². The van der Waals surface area contributed by atoms with Crippen LogP contribution in [0.3, 0.4) is 0 Å². The maximum absolute atomic E-state index is 14.9. The smallest absolute Gasteiger partial charge is 0.322 e. The highest BCUT2D eigenvalue weighted by molar-refractivity contribution is 6.00. The third-order valence-electron chi connectivity index (χ3n) is 15.5. The molecule has 1 aliphatic heterocycles. The predicted octanol–water partition coefficient (Wildman–Crippen LogP) is 7.45. The summed E-state index contributed by atoms with van der Waals surface area (Å²) in [5, 5.41) is 27.2. The van der Waals surface area contributed by atoms with E-state index in [2.05, 4.69) is 37.4 Å². The summed E-state index contributed by atoms with van der Waals surface area (Å²) in [6.07, 6.45) is 19.5. The second-order valence-electron chi connectivity index (χ2n) is 17.7. The highest BCUT2D eigenvalue weighted by Gasteiger charge is 2.74. The van der Waals surface area contributed by atoms with Gasteiger partial charge in [-0.3, -0.25) is 4.79 Å². The van der Waals surface area contributed by atoms with Crippen molar-refractivity contribution in [3.8, 4) is 5.75 Å². The van der Waals surface area contributed by atoms with Gasteiger partial charge in [-0.05, 0) is 112 Å². The van der Waals surface area contributed by atoms with Crippen LogP contribution in [0.1, 0.15) is 104 Å². The monoisotopic (exact) mass is 686 g/mol. The number of hydrogen-bond donors (Lipinski definition) is 3. The number of benzene rings is 1. The largest absolute Gasteiger partial charge is 0.497 e. The number of methoxy groups -OCH3 is 1. The Morgan fingerprint density at radius 1 is 0.920 bits per heavy atom. The van der Waals surface area contributed by atoms with Gasteiger partial charge in [0.25, 0.3) is 0 Å². The molecule has 2 bridgehead atoms. The van der Waals surface area contributed by atoms with Gasteiger partial charge in [0.2, 0.25) is 0 Å². The van der Waals surface area contributed by atoms with E-state index in [1.54, 1.807) is 12.0 Å². The zero-order valence-electron chi connectivity index (χ0n) is 30.4. The highest BCUT2D eigenvalue weighted by Crippen LogP contribution is 2.78. The second kappa shape index (κ2) is 12.5. The molecule has 2 spiro atoms. The number of aliphatic hydroxyl groups is 2. The number of carbonyl (C=O) groups is 2. The zero-order valence-corrected chi connectivity index (χ0v) is 30.4. The summed E-state index contributed by atoms with van der Waals surface area (Å²) in [6.45, 7) is 6.04. The Labute approximate surface area is 298 Å². The van der Waals surface area contributed by atoms with Crippen molar-refractivity contribution in [2.24, 2.45) is 39.4 Å². The van der Waals surface area contributed by atoms with Gasteiger partial charge in [0.05, 0.1) is 31.5 Å². The summed E-state index contributed by atoms with van der Waals surface area (Å²) in [5.41, 5.74) is -0.769. The van der Waals surface area contributed by atoms with Gasteiger partial charge in [-0.15, -0.1) is 0 Å². The van der Waals surface area contributed by atoms with Crippen LogP contribution < -0.4 is 10.1 Å². The number of ketones is 1. The number of hydrogen-bond acceptors (Lipinski definition) is 6. The minimum Gasteiger partial charge on any atom is -0.497 e. The van der Waals surface area contributed by atoms with Crippen LogP contribution in [0, 0.1) is 39.4 Å². The lowest BCUT2D eigenvalue weighted by Gasteiger charge is -2.71. The zero-order chi connectivity index (χ0) is 34.9. The van der Waals surface area contributed by atoms with E-state index in [1.807, 2.05) is 24.3 Å². The summed E-state index contributed by atoms with van der Waals surface area (Å²) in [6, 6.07) is 7.10. The summed E-state index contributed by atoms with van der Waals surface area (Å²) in [7, 11) is 1.62. The fraction of sp³-hybridized carbons (Fsp3) is 0.714. The van der Waals surface area contributed by atoms with Crippen molar-refractivity contribution in [1.29, 1.82) is 0 Å². The number of amides is 2. The highest BCUT2D eigenvalue weighted by atomic mass is 16.5. The van der Waals surface area contributed by atoms with Crippen LogP contribution in [0.25, 0.3) is 0 Å². The van der Waals surface area contributed by atoms with Gasteiger partial charge in [-0.1, -0.05) is 51.3 Å². The SMILES string of the molecule is COc1ccc(NC(=O)N(C[C@H]2CCCO2)C[C@]2(O)CC[C@H]3[C@]45C=C[C@@]6(C=C4C(=O)C4CCCCC4)CC(O)CC[C@]6(C)[C@H]5CC[C@@]32C)cc1. The first-order chi connectivity index (χ1) is 24.0. The van der Waals surface area contributed by atoms with E-state index in [1.165, 1.54) is 6.42 Å². The Bertz CT molecular complexity index is 1550. The van der Waals surface area contributed by atoms with Crippen molar-refractivity contribution in [2.75, 3.05) is 32.1 Å². The number of nitrogens with zero attached hydrogens (tertiary/aromatic N) is 1. The Hall–Kier alpha value is -2.68. The third-order valence-corrected chi connectivity index (χ3v) is 15.5. The number of ether oxygens (including phenoxy) is 2. The Balaban J connectivity index is 1.14. The van der Waals surface area contributed by atoms with Gasteiger partial charge in [0, 0.05) is 46.6 Å². The number of nitrogens with one attached hydrogen (secondary N) is 1. The van der Waals surface area contributed by atoms with Crippen LogP contribution in [0.2, 0.25) is 0 Å². The molecule has 8 aliphatic rings. The molecule has 9 rings (SSSR count). The number of rotatable bonds is 8. The van der Waals surface area contributed by atoms with Crippen molar-refractivity contribution in [1.82, 2.24) is 4.90 Å². The van der Waals surface area contributed by atoms with E-state index in [-0.39, 0.29) is 53.4 Å². The Kier molecular flexibility index (Phi) is 8.59. The summed E-state index contributed by atoms with van der Waals surface area (Å²) in [4.78, 5) is 30.7. The molecule has 1 heterocycles. The molecule has 50 heavy (non-hydrogen) atoms. The van der Waals surface area contributed by atoms with Gasteiger partial charge in [-0.25, -0.2) is 4.79 Å². The van der Waals surface area contributed by atoms with Crippen molar-refractivity contribution >= 4 is 17.5 Å². The Morgan fingerprint density at radius 2 is 1.64 bits per heavy atom. The van der Waals surface area contributed by atoms with E-state index < -0.39 is 16.4 Å². The van der Waals surface area contributed by atoms with Crippen LogP contribution in [-0.2, 0) is 9.53 Å². The molecule has 1 aromatic carbocycles. The third kappa shape index (κ3) is 5.08. The molecule has 4 saturated carbocycles. The first kappa shape index (κ1) is 34.4. The van der Waals surface area contributed by atoms with E-state index >= 15 is 0 Å². The molecular formula is C42H58N2O6. The molecule has 8 heteroatoms. The van der Waals surface area contributed by atoms with E-state index in [9.17, 15) is 19.8 Å². The van der Waals surface area contributed by atoms with Gasteiger partial charge in [0.15, 0.2) is 5.78 Å². The topological polar surface area (TPSA) is 108 Å². The standard InChI is InChI=1S/C42H58N2O6/c1-38-18-15-30(45)24-40(38)21-22-42(33(25-40)36(46)28-8-5-4-6-9-28)34(38)16-19-39(2)35(42)17-20-41(39,48)27-44(26-32-10-7-23-50-32)37(47)43-29-11-13-31(49-3)14-12-29/h11-14,21-22,25,28,30,32,34-35,45,48H,4-10,15-20,23-24,26-27H2,1-3H3,(H,43,47)/t30?,32-,34-,35-,38-,39+,40+,41-,42-/m1/s1. The first-order valence-corrected chi connectivity index (χ1v) is 19.7. The number of fused-ring (bicyclic) bond motifs is 1. The van der Waals surface area contributed by atoms with E-state index in [0.29, 0.717) is 37.5 Å². The number of aliphatic hydroxyl groups excluding tert-OH is 1. The molecule has 272 valence electrons. The molecule has 8 nitrogen and oxygen atoms in total. The van der Waals surface area contributed by atoms with Crippen LogP contribution in [-0.4, -0.2) is 71.5 Å². The van der Waals surface area contributed by atoms with E-state index in [0.717, 1.165) is 82.0 Å². The Morgan fingerprint density at radius 3 is 2.36 bits per heavy atom. The molecule has 2 amide bonds. The second-order valence-corrected chi connectivity index (χ2v) is 17.7. The molecule has 3 N–H and O–H groups in total. The first-order valence-electron chi connectivity index (χ1n) is 19.7. The lowest BCUT2D eigenvalue weighted by molar-refractivity contribution is -0.178. The molecule has 1 saturated heterocycles. The minimum atomic E-state index is -1.13. The number of allylic oxidation sites excluding steroid dienone is 4. The summed E-state index contributed by atoms with van der Waals surface area (Å²) >= 11 is 0. The molecule has 9 atom stereocenters. The quantitative estimate of drug-likeness (QED) is 0.245. The molecular weight excluding hydrogens is 628 g/mol. The average Bonchev–Trinajstić information content (AvgIpc) is 3.73. The van der Waals surface area contributed by atoms with Crippen LogP contribution in [0.4, 0.5) is 10.5 Å². The van der Waals surface area contributed by atoms with Crippen LogP contribution >= 0.6 is 0 Å². The predicted molar refractivity (Wildman–Crippen MR) is 193 cm³/mol. The minimum absolute atomic E-state index is 0.0521. The average molecular weight is 687 g/mol. The number of anilines is 1. The van der Waals surface area contributed by atoms with Gasteiger partial charge in [-0.2, -0.15) is 0 Å². The van der Waals surface area contributed by atoms with Gasteiger partial charge < -0.3 is 29.9 Å². The number of carbonyl (C=O) groups excluding carboxylic acids is 2. The summed E-state index contributed by atoms with van der Waals surface area (Å²) in [5.74, 6) is 1.47. The molecule has 0 aromatic heterocycles. The van der Waals surface area contributed by atoms with E-state index in [4.69, 9.17) is 9.47 Å².